The SMILES string of the molecule is CCCNc1nc(CCC)nc(SCCO)c1C. The predicted octanol–water partition coefficient (Wildman–Crippen LogP) is 2.64. The summed E-state index contributed by atoms with van der Waals surface area (Å²) >= 11 is 1.59. The van der Waals surface area contributed by atoms with Crippen molar-refractivity contribution in [1.82, 2.24) is 9.97 Å². The first-order valence-electron chi connectivity index (χ1n) is 6.57. The molecule has 1 aromatic heterocycles. The Kier molecular flexibility index (Phi) is 7.05. The van der Waals surface area contributed by atoms with Crippen molar-refractivity contribution in [2.24, 2.45) is 0 Å². The summed E-state index contributed by atoms with van der Waals surface area (Å²) < 4.78 is 0. The Labute approximate surface area is 114 Å². The van der Waals surface area contributed by atoms with Crippen LogP contribution in [0.2, 0.25) is 0 Å². The van der Waals surface area contributed by atoms with Crippen molar-refractivity contribution < 1.29 is 5.11 Å². The van der Waals surface area contributed by atoms with Crippen LogP contribution in [0.25, 0.3) is 0 Å². The molecule has 0 aromatic carbocycles. The molecule has 1 heterocycles. The largest absolute Gasteiger partial charge is 0.396 e. The first kappa shape index (κ1) is 15.2. The summed E-state index contributed by atoms with van der Waals surface area (Å²) in [4.78, 5) is 9.14. The second kappa shape index (κ2) is 8.32. The average molecular weight is 269 g/mol. The first-order chi connectivity index (χ1) is 8.72. The minimum absolute atomic E-state index is 0.176. The van der Waals surface area contributed by atoms with Gasteiger partial charge in [0.2, 0.25) is 0 Å². The van der Waals surface area contributed by atoms with Crippen molar-refractivity contribution in [3.63, 3.8) is 0 Å². The molecule has 4 nitrogen and oxygen atoms in total. The molecule has 0 aliphatic rings. The molecule has 5 heteroatoms. The summed E-state index contributed by atoms with van der Waals surface area (Å²) in [5.74, 6) is 2.51. The van der Waals surface area contributed by atoms with Crippen LogP contribution in [0.3, 0.4) is 0 Å². The molecule has 0 saturated carbocycles. The van der Waals surface area contributed by atoms with Gasteiger partial charge in [-0.3, -0.25) is 0 Å². The molecular weight excluding hydrogens is 246 g/mol. The highest BCUT2D eigenvalue weighted by Gasteiger charge is 2.10. The van der Waals surface area contributed by atoms with E-state index in [1.54, 1.807) is 11.8 Å². The highest BCUT2D eigenvalue weighted by atomic mass is 32.2. The van der Waals surface area contributed by atoms with Crippen LogP contribution in [0, 0.1) is 6.92 Å². The highest BCUT2D eigenvalue weighted by Crippen LogP contribution is 2.25. The van der Waals surface area contributed by atoms with Crippen molar-refractivity contribution >= 4 is 17.6 Å². The van der Waals surface area contributed by atoms with Gasteiger partial charge in [-0.05, 0) is 19.8 Å². The van der Waals surface area contributed by atoms with Crippen LogP contribution < -0.4 is 5.32 Å². The number of hydrogen-bond acceptors (Lipinski definition) is 5. The second-order valence-corrected chi connectivity index (χ2v) is 5.25. The number of thioether (sulfide) groups is 1. The Bertz CT molecular complexity index is 342. The van der Waals surface area contributed by atoms with Gasteiger partial charge in [0, 0.05) is 24.3 Å². The quantitative estimate of drug-likeness (QED) is 0.561. The van der Waals surface area contributed by atoms with Crippen LogP contribution >= 0.6 is 11.8 Å². The molecule has 1 aromatic rings. The molecule has 0 aliphatic heterocycles. The fourth-order valence-corrected chi connectivity index (χ4v) is 2.34. The van der Waals surface area contributed by atoms with E-state index in [0.29, 0.717) is 5.75 Å². The molecule has 1 rings (SSSR count). The maximum Gasteiger partial charge on any atom is 0.133 e. The second-order valence-electron chi connectivity index (χ2n) is 4.17. The van der Waals surface area contributed by atoms with Gasteiger partial charge in [0.25, 0.3) is 0 Å². The summed E-state index contributed by atoms with van der Waals surface area (Å²) in [6.45, 7) is 7.40. The number of aromatic nitrogens is 2. The van der Waals surface area contributed by atoms with E-state index < -0.39 is 0 Å². The summed E-state index contributed by atoms with van der Waals surface area (Å²) in [5.41, 5.74) is 1.08. The van der Waals surface area contributed by atoms with Crippen LogP contribution in [0.15, 0.2) is 5.03 Å². The van der Waals surface area contributed by atoms with E-state index in [1.165, 1.54) is 0 Å². The molecule has 2 N–H and O–H groups in total. The standard InChI is InChI=1S/C13H23N3OS/c1-4-6-11-15-12(14-7-5-2)10(3)13(16-11)18-9-8-17/h17H,4-9H2,1-3H3,(H,14,15,16). The number of aryl methyl sites for hydroxylation is 1. The Hall–Kier alpha value is -0.810. The molecule has 102 valence electrons. The summed E-state index contributed by atoms with van der Waals surface area (Å²) in [5, 5.41) is 13.3. The van der Waals surface area contributed by atoms with Gasteiger partial charge in [0.05, 0.1) is 6.61 Å². The Balaban J connectivity index is 2.95. The number of aliphatic hydroxyl groups is 1. The average Bonchev–Trinajstić information content (AvgIpc) is 2.37. The molecule has 0 spiro atoms. The van der Waals surface area contributed by atoms with E-state index in [1.807, 2.05) is 6.92 Å². The Morgan fingerprint density at radius 3 is 2.61 bits per heavy atom. The van der Waals surface area contributed by atoms with Gasteiger partial charge in [-0.25, -0.2) is 9.97 Å². The third kappa shape index (κ3) is 4.46. The molecular formula is C13H23N3OS. The lowest BCUT2D eigenvalue weighted by molar-refractivity contribution is 0.322. The third-order valence-corrected chi connectivity index (χ3v) is 3.55. The van der Waals surface area contributed by atoms with Gasteiger partial charge in [-0.1, -0.05) is 13.8 Å². The van der Waals surface area contributed by atoms with E-state index in [-0.39, 0.29) is 6.61 Å². The smallest absolute Gasteiger partial charge is 0.133 e. The minimum atomic E-state index is 0.176. The monoisotopic (exact) mass is 269 g/mol. The van der Waals surface area contributed by atoms with Crippen molar-refractivity contribution in [3.05, 3.63) is 11.4 Å². The molecule has 0 amide bonds. The Morgan fingerprint density at radius 1 is 1.22 bits per heavy atom. The lowest BCUT2D eigenvalue weighted by Gasteiger charge is -2.13. The van der Waals surface area contributed by atoms with Crippen molar-refractivity contribution in [3.8, 4) is 0 Å². The lowest BCUT2D eigenvalue weighted by Crippen LogP contribution is -2.09. The van der Waals surface area contributed by atoms with Crippen LogP contribution in [0.5, 0.6) is 0 Å². The number of anilines is 1. The van der Waals surface area contributed by atoms with Gasteiger partial charge in [-0.15, -0.1) is 11.8 Å². The van der Waals surface area contributed by atoms with Gasteiger partial charge >= 0.3 is 0 Å². The first-order valence-corrected chi connectivity index (χ1v) is 7.56. The van der Waals surface area contributed by atoms with Crippen LogP contribution in [0.1, 0.15) is 38.1 Å². The van der Waals surface area contributed by atoms with Crippen molar-refractivity contribution in [2.75, 3.05) is 24.2 Å². The molecule has 0 radical (unpaired) electrons. The zero-order valence-corrected chi connectivity index (χ0v) is 12.3. The fourth-order valence-electron chi connectivity index (χ4n) is 1.57. The molecule has 0 atom stereocenters. The minimum Gasteiger partial charge on any atom is -0.396 e. The van der Waals surface area contributed by atoms with Crippen LogP contribution in [0.4, 0.5) is 5.82 Å². The van der Waals surface area contributed by atoms with Gasteiger partial charge in [0.15, 0.2) is 0 Å². The number of aliphatic hydroxyl groups excluding tert-OH is 1. The normalized spacial score (nSPS) is 10.7. The van der Waals surface area contributed by atoms with Gasteiger partial charge in [-0.2, -0.15) is 0 Å². The lowest BCUT2D eigenvalue weighted by atomic mass is 10.3. The molecule has 0 unspecified atom stereocenters. The summed E-state index contributed by atoms with van der Waals surface area (Å²) in [7, 11) is 0. The zero-order chi connectivity index (χ0) is 13.4. The van der Waals surface area contributed by atoms with Crippen molar-refractivity contribution in [2.45, 2.75) is 45.1 Å². The number of nitrogens with zero attached hydrogens (tertiary/aromatic N) is 2. The molecule has 0 bridgehead atoms. The zero-order valence-electron chi connectivity index (χ0n) is 11.5. The van der Waals surface area contributed by atoms with Gasteiger partial charge in [0.1, 0.15) is 16.7 Å². The van der Waals surface area contributed by atoms with E-state index in [4.69, 9.17) is 5.11 Å². The molecule has 0 saturated heterocycles. The fraction of sp³-hybridized carbons (Fsp3) is 0.692. The number of hydrogen-bond donors (Lipinski definition) is 2. The maximum atomic E-state index is 8.92. The van der Waals surface area contributed by atoms with Crippen molar-refractivity contribution in [1.29, 1.82) is 0 Å². The Morgan fingerprint density at radius 2 is 2.00 bits per heavy atom. The van der Waals surface area contributed by atoms with Crippen LogP contribution in [-0.4, -0.2) is 34.0 Å². The van der Waals surface area contributed by atoms with E-state index in [9.17, 15) is 0 Å². The maximum absolute atomic E-state index is 8.92. The number of rotatable bonds is 8. The molecule has 0 fully saturated rings. The van der Waals surface area contributed by atoms with Gasteiger partial charge < -0.3 is 10.4 Å². The molecule has 0 aliphatic carbocycles. The van der Waals surface area contributed by atoms with E-state index in [2.05, 4.69) is 29.1 Å². The van der Waals surface area contributed by atoms with E-state index >= 15 is 0 Å². The summed E-state index contributed by atoms with van der Waals surface area (Å²) in [6.07, 6.45) is 3.01. The molecule has 18 heavy (non-hydrogen) atoms. The summed E-state index contributed by atoms with van der Waals surface area (Å²) in [6, 6.07) is 0. The third-order valence-electron chi connectivity index (χ3n) is 2.49. The van der Waals surface area contributed by atoms with E-state index in [0.717, 1.165) is 48.0 Å². The predicted molar refractivity (Wildman–Crippen MR) is 77.4 cm³/mol. The topological polar surface area (TPSA) is 58.0 Å². The highest BCUT2D eigenvalue weighted by molar-refractivity contribution is 7.99. The number of nitrogens with one attached hydrogen (secondary N) is 1. The van der Waals surface area contributed by atoms with Crippen LogP contribution in [-0.2, 0) is 6.42 Å².